The molecule has 4 nitrogen and oxygen atoms in total. The van der Waals surface area contributed by atoms with Gasteiger partial charge in [0.25, 0.3) is 0 Å². The van der Waals surface area contributed by atoms with Gasteiger partial charge in [-0.2, -0.15) is 0 Å². The van der Waals surface area contributed by atoms with Crippen LogP contribution in [0.3, 0.4) is 0 Å². The van der Waals surface area contributed by atoms with Crippen LogP contribution in [0.4, 0.5) is 4.39 Å². The standard InChI is InChI=1S/C17H19FN2O2S/c1-11(20-23(21)22)6-14-8-17(14)13-4-2-12(3-5-13)15-7-16(18)10-19-9-15/h2-5,7,9-11,14,17,20H,6,8H2,1H3,(H,21,22). The van der Waals surface area contributed by atoms with Gasteiger partial charge in [-0.05, 0) is 48.8 Å². The van der Waals surface area contributed by atoms with Crippen molar-refractivity contribution in [3.05, 3.63) is 54.1 Å². The first-order valence-electron chi connectivity index (χ1n) is 7.61. The Hall–Kier alpha value is -1.63. The summed E-state index contributed by atoms with van der Waals surface area (Å²) in [6, 6.07) is 9.63. The Morgan fingerprint density at radius 2 is 2.09 bits per heavy atom. The van der Waals surface area contributed by atoms with Crippen LogP contribution in [0, 0.1) is 11.7 Å². The van der Waals surface area contributed by atoms with E-state index < -0.39 is 11.3 Å². The first kappa shape index (κ1) is 16.2. The number of nitrogens with one attached hydrogen (secondary N) is 1. The van der Waals surface area contributed by atoms with Crippen LogP contribution >= 0.6 is 0 Å². The lowest BCUT2D eigenvalue weighted by Crippen LogP contribution is -2.28. The van der Waals surface area contributed by atoms with Gasteiger partial charge in [0, 0.05) is 17.8 Å². The lowest BCUT2D eigenvalue weighted by atomic mass is 10.0. The van der Waals surface area contributed by atoms with E-state index in [0.29, 0.717) is 11.8 Å². The van der Waals surface area contributed by atoms with E-state index >= 15 is 0 Å². The van der Waals surface area contributed by atoms with E-state index in [4.69, 9.17) is 4.55 Å². The number of nitrogens with zero attached hydrogens (tertiary/aromatic N) is 1. The highest BCUT2D eigenvalue weighted by atomic mass is 32.2. The topological polar surface area (TPSA) is 62.2 Å². The molecule has 1 aromatic carbocycles. The first-order valence-corrected chi connectivity index (χ1v) is 8.71. The fourth-order valence-corrected chi connectivity index (χ4v) is 3.52. The largest absolute Gasteiger partial charge is 0.294 e. The van der Waals surface area contributed by atoms with Gasteiger partial charge in [-0.1, -0.05) is 24.3 Å². The second-order valence-corrected chi connectivity index (χ2v) is 6.85. The Balaban J connectivity index is 1.62. The summed E-state index contributed by atoms with van der Waals surface area (Å²) in [7, 11) is 0. The molecule has 3 rings (SSSR count). The van der Waals surface area contributed by atoms with Crippen LogP contribution in [-0.2, 0) is 11.3 Å². The summed E-state index contributed by atoms with van der Waals surface area (Å²) in [6.45, 7) is 1.92. The first-order chi connectivity index (χ1) is 11.0. The molecule has 6 heteroatoms. The summed E-state index contributed by atoms with van der Waals surface area (Å²) < 4.78 is 35.4. The van der Waals surface area contributed by atoms with Gasteiger partial charge in [-0.3, -0.25) is 9.54 Å². The van der Waals surface area contributed by atoms with E-state index in [1.165, 1.54) is 17.8 Å². The van der Waals surface area contributed by atoms with E-state index in [9.17, 15) is 8.60 Å². The monoisotopic (exact) mass is 334 g/mol. The molecular formula is C17H19FN2O2S. The van der Waals surface area contributed by atoms with Gasteiger partial charge in [0.1, 0.15) is 5.82 Å². The maximum absolute atomic E-state index is 13.2. The lowest BCUT2D eigenvalue weighted by molar-refractivity contribution is 0.506. The van der Waals surface area contributed by atoms with Crippen LogP contribution in [0.25, 0.3) is 11.1 Å². The molecule has 0 spiro atoms. The summed E-state index contributed by atoms with van der Waals surface area (Å²) in [6.07, 6.45) is 4.83. The second kappa shape index (κ2) is 6.86. The molecule has 1 aliphatic carbocycles. The molecule has 2 aromatic rings. The molecule has 4 atom stereocenters. The van der Waals surface area contributed by atoms with E-state index in [-0.39, 0.29) is 11.9 Å². The molecule has 1 fully saturated rings. The average Bonchev–Trinajstić information content (AvgIpc) is 3.25. The third-order valence-electron chi connectivity index (χ3n) is 4.26. The van der Waals surface area contributed by atoms with E-state index in [1.807, 2.05) is 19.1 Å². The molecule has 1 aromatic heterocycles. The Morgan fingerprint density at radius 3 is 2.74 bits per heavy atom. The Kier molecular flexibility index (Phi) is 4.84. The highest BCUT2D eigenvalue weighted by Crippen LogP contribution is 2.50. The number of rotatable bonds is 6. The van der Waals surface area contributed by atoms with Crippen molar-refractivity contribution in [1.82, 2.24) is 9.71 Å². The number of benzene rings is 1. The zero-order valence-electron chi connectivity index (χ0n) is 12.8. The zero-order valence-corrected chi connectivity index (χ0v) is 13.6. The van der Waals surface area contributed by atoms with Crippen LogP contribution < -0.4 is 4.72 Å². The van der Waals surface area contributed by atoms with Gasteiger partial charge >= 0.3 is 0 Å². The molecule has 23 heavy (non-hydrogen) atoms. The van der Waals surface area contributed by atoms with Crippen LogP contribution in [0.15, 0.2) is 42.7 Å². The minimum absolute atomic E-state index is 0.0217. The van der Waals surface area contributed by atoms with Gasteiger partial charge in [-0.25, -0.2) is 13.3 Å². The van der Waals surface area contributed by atoms with Gasteiger partial charge in [-0.15, -0.1) is 0 Å². The summed E-state index contributed by atoms with van der Waals surface area (Å²) >= 11 is -1.95. The second-order valence-electron chi connectivity index (χ2n) is 6.12. The minimum atomic E-state index is -1.95. The number of aromatic nitrogens is 1. The third kappa shape index (κ3) is 4.22. The maximum Gasteiger partial charge on any atom is 0.231 e. The molecule has 1 aliphatic rings. The van der Waals surface area contributed by atoms with Crippen molar-refractivity contribution in [2.75, 3.05) is 0 Å². The third-order valence-corrected chi connectivity index (χ3v) is 4.86. The summed E-state index contributed by atoms with van der Waals surface area (Å²) in [5.74, 6) is 0.713. The summed E-state index contributed by atoms with van der Waals surface area (Å²) in [5, 5.41) is 0. The van der Waals surface area contributed by atoms with Gasteiger partial charge in [0.05, 0.1) is 6.20 Å². The lowest BCUT2D eigenvalue weighted by Gasteiger charge is -2.10. The van der Waals surface area contributed by atoms with Crippen molar-refractivity contribution in [2.45, 2.75) is 31.7 Å². The van der Waals surface area contributed by atoms with Gasteiger partial charge in [0.15, 0.2) is 0 Å². The van der Waals surface area contributed by atoms with Crippen molar-refractivity contribution < 1.29 is 13.2 Å². The molecule has 0 radical (unpaired) electrons. The molecule has 2 N–H and O–H groups in total. The molecule has 0 saturated heterocycles. The fraction of sp³-hybridized carbons (Fsp3) is 0.353. The zero-order chi connectivity index (χ0) is 16.4. The van der Waals surface area contributed by atoms with Crippen LogP contribution in [0.5, 0.6) is 0 Å². The molecule has 1 saturated carbocycles. The maximum atomic E-state index is 13.2. The highest BCUT2D eigenvalue weighted by Gasteiger charge is 2.38. The van der Waals surface area contributed by atoms with Crippen LogP contribution in [0.2, 0.25) is 0 Å². The summed E-state index contributed by atoms with van der Waals surface area (Å²) in [4.78, 5) is 3.87. The van der Waals surface area contributed by atoms with Crippen molar-refractivity contribution in [2.24, 2.45) is 5.92 Å². The number of hydrogen-bond donors (Lipinski definition) is 2. The quantitative estimate of drug-likeness (QED) is 0.795. The molecule has 4 unspecified atom stereocenters. The van der Waals surface area contributed by atoms with Crippen molar-refractivity contribution in [3.63, 3.8) is 0 Å². The van der Waals surface area contributed by atoms with Crippen molar-refractivity contribution >= 4 is 11.3 Å². The number of pyridine rings is 1. The van der Waals surface area contributed by atoms with Crippen molar-refractivity contribution in [3.8, 4) is 11.1 Å². The molecular weight excluding hydrogens is 315 g/mol. The van der Waals surface area contributed by atoms with Crippen molar-refractivity contribution in [1.29, 1.82) is 0 Å². The van der Waals surface area contributed by atoms with Gasteiger partial charge < -0.3 is 0 Å². The molecule has 122 valence electrons. The molecule has 0 amide bonds. The van der Waals surface area contributed by atoms with Crippen LogP contribution in [-0.4, -0.2) is 19.8 Å². The minimum Gasteiger partial charge on any atom is -0.294 e. The smallest absolute Gasteiger partial charge is 0.231 e. The normalized spacial score (nSPS) is 22.6. The van der Waals surface area contributed by atoms with Crippen LogP contribution in [0.1, 0.15) is 31.2 Å². The predicted octanol–water partition coefficient (Wildman–Crippen LogP) is 3.50. The molecule has 0 bridgehead atoms. The molecule has 0 aliphatic heterocycles. The highest BCUT2D eigenvalue weighted by molar-refractivity contribution is 7.77. The number of halogens is 1. The molecule has 1 heterocycles. The Labute approximate surface area is 137 Å². The van der Waals surface area contributed by atoms with E-state index in [1.54, 1.807) is 6.20 Å². The van der Waals surface area contributed by atoms with E-state index in [2.05, 4.69) is 21.8 Å². The summed E-state index contributed by atoms with van der Waals surface area (Å²) in [5.41, 5.74) is 2.98. The Morgan fingerprint density at radius 1 is 1.35 bits per heavy atom. The fourth-order valence-electron chi connectivity index (χ4n) is 3.08. The predicted molar refractivity (Wildman–Crippen MR) is 88.5 cm³/mol. The van der Waals surface area contributed by atoms with E-state index in [0.717, 1.165) is 24.0 Å². The SMILES string of the molecule is CC(CC1CC1c1ccc(-c2cncc(F)c2)cc1)NS(=O)O. The van der Waals surface area contributed by atoms with Gasteiger partial charge in [0.2, 0.25) is 11.3 Å². The average molecular weight is 334 g/mol. The Bertz CT molecular complexity index is 708. The number of hydrogen-bond acceptors (Lipinski definition) is 2.